The molecule has 1 aromatic rings. The molecule has 0 fully saturated rings. The van der Waals surface area contributed by atoms with Crippen molar-refractivity contribution in [3.63, 3.8) is 0 Å². The molecule has 2 N–H and O–H groups in total. The van der Waals surface area contributed by atoms with Gasteiger partial charge in [0.1, 0.15) is 6.04 Å². The number of benzene rings is 1. The van der Waals surface area contributed by atoms with E-state index < -0.39 is 27.4 Å². The number of aliphatic carboxylic acids is 1. The summed E-state index contributed by atoms with van der Waals surface area (Å²) in [6.07, 6.45) is 0. The number of aryl methyl sites for hydroxylation is 1. The summed E-state index contributed by atoms with van der Waals surface area (Å²) in [6.45, 7) is 6.83. The summed E-state index contributed by atoms with van der Waals surface area (Å²) < 4.78 is 27.3. The Morgan fingerprint density at radius 1 is 1.35 bits per heavy atom. The molecule has 0 saturated heterocycles. The van der Waals surface area contributed by atoms with Crippen LogP contribution < -0.4 is 4.72 Å². The quantitative estimate of drug-likeness (QED) is 0.860. The largest absolute Gasteiger partial charge is 0.480 e. The molecule has 0 heterocycles. The van der Waals surface area contributed by atoms with Gasteiger partial charge < -0.3 is 5.11 Å². The predicted octanol–water partition coefficient (Wildman–Crippen LogP) is 2.54. The molecule has 0 aliphatic carbocycles. The minimum absolute atomic E-state index is 0.0265. The van der Waals surface area contributed by atoms with Gasteiger partial charge in [0, 0.05) is 4.47 Å². The zero-order valence-corrected chi connectivity index (χ0v) is 14.2. The van der Waals surface area contributed by atoms with Crippen LogP contribution in [0.3, 0.4) is 0 Å². The molecule has 1 unspecified atom stereocenters. The van der Waals surface area contributed by atoms with E-state index in [1.165, 1.54) is 6.07 Å². The van der Waals surface area contributed by atoms with E-state index in [4.69, 9.17) is 0 Å². The van der Waals surface area contributed by atoms with Gasteiger partial charge in [-0.3, -0.25) is 4.79 Å². The number of halogens is 1. The maximum atomic E-state index is 12.3. The number of sulfonamides is 1. The summed E-state index contributed by atoms with van der Waals surface area (Å²) in [4.78, 5) is 11.3. The number of carbonyl (C=O) groups is 1. The smallest absolute Gasteiger partial charge is 0.322 e. The van der Waals surface area contributed by atoms with Crippen LogP contribution in [0, 0.1) is 12.3 Å². The number of hydrogen-bond acceptors (Lipinski definition) is 3. The Morgan fingerprint density at radius 2 is 1.90 bits per heavy atom. The topological polar surface area (TPSA) is 83.5 Å². The molecule has 7 heteroatoms. The highest BCUT2D eigenvalue weighted by molar-refractivity contribution is 9.10. The van der Waals surface area contributed by atoms with Crippen LogP contribution in [0.2, 0.25) is 0 Å². The lowest BCUT2D eigenvalue weighted by Crippen LogP contribution is -2.49. The van der Waals surface area contributed by atoms with Gasteiger partial charge in [-0.15, -0.1) is 0 Å². The summed E-state index contributed by atoms with van der Waals surface area (Å²) in [5, 5.41) is 9.19. The fourth-order valence-electron chi connectivity index (χ4n) is 1.64. The van der Waals surface area contributed by atoms with Crippen molar-refractivity contribution in [1.29, 1.82) is 0 Å². The molecule has 1 rings (SSSR count). The first-order valence-electron chi connectivity index (χ1n) is 5.96. The van der Waals surface area contributed by atoms with Gasteiger partial charge in [0.25, 0.3) is 0 Å². The Morgan fingerprint density at radius 3 is 2.30 bits per heavy atom. The van der Waals surface area contributed by atoms with Crippen LogP contribution in [0.25, 0.3) is 0 Å². The second-order valence-electron chi connectivity index (χ2n) is 5.69. The molecule has 20 heavy (non-hydrogen) atoms. The molecule has 5 nitrogen and oxygen atoms in total. The van der Waals surface area contributed by atoms with E-state index >= 15 is 0 Å². The van der Waals surface area contributed by atoms with Crippen molar-refractivity contribution < 1.29 is 18.3 Å². The molecular weight excluding hydrogens is 346 g/mol. The van der Waals surface area contributed by atoms with E-state index in [2.05, 4.69) is 20.7 Å². The van der Waals surface area contributed by atoms with E-state index in [1.54, 1.807) is 32.9 Å². The van der Waals surface area contributed by atoms with E-state index in [1.807, 2.05) is 6.92 Å². The molecule has 0 radical (unpaired) electrons. The molecule has 0 bridgehead atoms. The summed E-state index contributed by atoms with van der Waals surface area (Å²) >= 11 is 3.19. The Bertz CT molecular complexity index is 620. The normalized spacial score (nSPS) is 14.1. The fraction of sp³-hybridized carbons (Fsp3) is 0.462. The standard InChI is InChI=1S/C13H18BrNO4S/c1-8-5-6-10(9(14)7-8)20(18,19)15-11(12(16)17)13(2,3)4/h5-7,11,15H,1-4H3,(H,16,17). The summed E-state index contributed by atoms with van der Waals surface area (Å²) in [6, 6.07) is 3.57. The average molecular weight is 364 g/mol. The molecule has 0 amide bonds. The van der Waals surface area contributed by atoms with E-state index in [9.17, 15) is 18.3 Å². The van der Waals surface area contributed by atoms with Gasteiger partial charge in [-0.05, 0) is 46.0 Å². The number of carboxylic acids is 1. The molecule has 0 saturated carbocycles. The van der Waals surface area contributed by atoms with Crippen LogP contribution in [-0.2, 0) is 14.8 Å². The van der Waals surface area contributed by atoms with Crippen molar-refractivity contribution in [2.24, 2.45) is 5.41 Å². The van der Waals surface area contributed by atoms with E-state index in [0.29, 0.717) is 4.47 Å². The Kier molecular flexibility index (Phi) is 4.99. The Balaban J connectivity index is 3.20. The zero-order chi connectivity index (χ0) is 15.7. The van der Waals surface area contributed by atoms with Crippen LogP contribution in [-0.4, -0.2) is 25.5 Å². The fourth-order valence-corrected chi connectivity index (χ4v) is 4.23. The summed E-state index contributed by atoms with van der Waals surface area (Å²) in [5.74, 6) is -1.20. The van der Waals surface area contributed by atoms with Crippen molar-refractivity contribution >= 4 is 31.9 Å². The third kappa shape index (κ3) is 4.04. The average Bonchev–Trinajstić information content (AvgIpc) is 2.23. The van der Waals surface area contributed by atoms with Gasteiger partial charge in [-0.1, -0.05) is 26.8 Å². The van der Waals surface area contributed by atoms with Gasteiger partial charge in [0.2, 0.25) is 10.0 Å². The molecule has 0 spiro atoms. The highest BCUT2D eigenvalue weighted by Crippen LogP contribution is 2.26. The summed E-state index contributed by atoms with van der Waals surface area (Å²) in [5.41, 5.74) is 0.164. The SMILES string of the molecule is Cc1ccc(S(=O)(=O)NC(C(=O)O)C(C)(C)C)c(Br)c1. The van der Waals surface area contributed by atoms with Crippen LogP contribution in [0.15, 0.2) is 27.6 Å². The maximum absolute atomic E-state index is 12.3. The zero-order valence-electron chi connectivity index (χ0n) is 11.8. The van der Waals surface area contributed by atoms with Gasteiger partial charge in [0.15, 0.2) is 0 Å². The third-order valence-electron chi connectivity index (χ3n) is 2.76. The third-order valence-corrected chi connectivity index (χ3v) is 5.16. The van der Waals surface area contributed by atoms with Crippen molar-refractivity contribution in [3.05, 3.63) is 28.2 Å². The first-order chi connectivity index (χ1) is 8.95. The first kappa shape index (κ1) is 17.1. The van der Waals surface area contributed by atoms with Gasteiger partial charge in [-0.2, -0.15) is 4.72 Å². The Labute approximate surface area is 127 Å². The molecule has 0 aromatic heterocycles. The lowest BCUT2D eigenvalue weighted by atomic mass is 9.88. The molecule has 0 aliphatic heterocycles. The monoisotopic (exact) mass is 363 g/mol. The predicted molar refractivity (Wildman–Crippen MR) is 80.1 cm³/mol. The highest BCUT2D eigenvalue weighted by Gasteiger charge is 2.35. The number of carboxylic acid groups (broad SMARTS) is 1. The molecule has 112 valence electrons. The van der Waals surface area contributed by atoms with E-state index in [-0.39, 0.29) is 4.90 Å². The Hall–Kier alpha value is -0.920. The molecular formula is C13H18BrNO4S. The molecule has 1 atom stereocenters. The van der Waals surface area contributed by atoms with Crippen molar-refractivity contribution in [2.45, 2.75) is 38.6 Å². The van der Waals surface area contributed by atoms with Gasteiger partial charge >= 0.3 is 5.97 Å². The van der Waals surface area contributed by atoms with E-state index in [0.717, 1.165) is 5.56 Å². The van der Waals surface area contributed by atoms with Crippen LogP contribution in [0.4, 0.5) is 0 Å². The maximum Gasteiger partial charge on any atom is 0.322 e. The van der Waals surface area contributed by atoms with Crippen molar-refractivity contribution in [2.75, 3.05) is 0 Å². The molecule has 0 aliphatic rings. The van der Waals surface area contributed by atoms with Crippen LogP contribution in [0.1, 0.15) is 26.3 Å². The second-order valence-corrected chi connectivity index (χ2v) is 8.23. The van der Waals surface area contributed by atoms with Crippen molar-refractivity contribution in [1.82, 2.24) is 4.72 Å². The minimum Gasteiger partial charge on any atom is -0.480 e. The lowest BCUT2D eigenvalue weighted by molar-refractivity contribution is -0.141. The van der Waals surface area contributed by atoms with Crippen LogP contribution >= 0.6 is 15.9 Å². The molecule has 1 aromatic carbocycles. The van der Waals surface area contributed by atoms with Gasteiger partial charge in [-0.25, -0.2) is 8.42 Å². The minimum atomic E-state index is -3.91. The van der Waals surface area contributed by atoms with Crippen molar-refractivity contribution in [3.8, 4) is 0 Å². The summed E-state index contributed by atoms with van der Waals surface area (Å²) in [7, 11) is -3.91. The van der Waals surface area contributed by atoms with Gasteiger partial charge in [0.05, 0.1) is 4.90 Å². The number of hydrogen-bond donors (Lipinski definition) is 2. The first-order valence-corrected chi connectivity index (χ1v) is 8.24. The lowest BCUT2D eigenvalue weighted by Gasteiger charge is -2.27. The van der Waals surface area contributed by atoms with Crippen LogP contribution in [0.5, 0.6) is 0 Å². The number of rotatable bonds is 4. The second kappa shape index (κ2) is 5.83. The highest BCUT2D eigenvalue weighted by atomic mass is 79.9. The number of nitrogens with one attached hydrogen (secondary N) is 1.